The molecule has 1 aromatic rings. The van der Waals surface area contributed by atoms with Gasteiger partial charge in [-0.2, -0.15) is 0 Å². The summed E-state index contributed by atoms with van der Waals surface area (Å²) < 4.78 is 24.7. The zero-order chi connectivity index (χ0) is 10.9. The van der Waals surface area contributed by atoms with Crippen molar-refractivity contribution in [3.8, 4) is 0 Å². The molecule has 0 amide bonds. The summed E-state index contributed by atoms with van der Waals surface area (Å²) in [6.07, 6.45) is -2.61. The molecule has 0 heterocycles. The van der Waals surface area contributed by atoms with Crippen molar-refractivity contribution < 1.29 is 13.6 Å². The van der Waals surface area contributed by atoms with E-state index in [2.05, 4.69) is 0 Å². The highest BCUT2D eigenvalue weighted by Gasteiger charge is 2.15. The summed E-state index contributed by atoms with van der Waals surface area (Å²) in [5.41, 5.74) is 0.686. The largest absolute Gasteiger partial charge is 0.295 e. The Labute approximate surface area is 85.7 Å². The van der Waals surface area contributed by atoms with Gasteiger partial charge in [-0.1, -0.05) is 11.6 Å². The normalized spacial score (nSPS) is 10.7. The van der Waals surface area contributed by atoms with Gasteiger partial charge in [-0.25, -0.2) is 8.78 Å². The molecule has 1 rings (SSSR count). The first kappa shape index (κ1) is 11.1. The summed E-state index contributed by atoms with van der Waals surface area (Å²) in [7, 11) is 0. The van der Waals surface area contributed by atoms with Gasteiger partial charge in [0.1, 0.15) is 0 Å². The van der Waals surface area contributed by atoms with E-state index in [4.69, 9.17) is 11.6 Å². The lowest BCUT2D eigenvalue weighted by Crippen LogP contribution is -1.98. The van der Waals surface area contributed by atoms with E-state index < -0.39 is 6.43 Å². The number of carbonyl (C=O) groups excluding carboxylic acids is 1. The minimum atomic E-state index is -2.61. The summed E-state index contributed by atoms with van der Waals surface area (Å²) in [4.78, 5) is 11.1. The fourth-order valence-corrected chi connectivity index (χ4v) is 1.50. The van der Waals surface area contributed by atoms with Crippen molar-refractivity contribution >= 4 is 17.4 Å². The van der Waals surface area contributed by atoms with E-state index in [1.807, 2.05) is 0 Å². The van der Waals surface area contributed by atoms with Crippen molar-refractivity contribution in [2.24, 2.45) is 0 Å². The molecule has 1 aromatic carbocycles. The lowest BCUT2D eigenvalue weighted by Gasteiger charge is -2.07. The van der Waals surface area contributed by atoms with Gasteiger partial charge in [0, 0.05) is 11.1 Å². The van der Waals surface area contributed by atoms with Gasteiger partial charge in [0.25, 0.3) is 6.43 Å². The van der Waals surface area contributed by atoms with Gasteiger partial charge in [0.15, 0.2) is 5.78 Å². The maximum absolute atomic E-state index is 12.4. The monoisotopic (exact) mass is 218 g/mol. The second kappa shape index (κ2) is 4.05. The highest BCUT2D eigenvalue weighted by Crippen LogP contribution is 2.29. The maximum atomic E-state index is 12.4. The zero-order valence-electron chi connectivity index (χ0n) is 7.77. The number of Topliss-reactive ketones (excluding diaryl/α,β-unsaturated/α-hetero) is 1. The first-order chi connectivity index (χ1) is 6.43. The molecule has 0 bridgehead atoms. The van der Waals surface area contributed by atoms with Gasteiger partial charge >= 0.3 is 0 Å². The molecule has 0 atom stereocenters. The molecule has 76 valence electrons. The highest BCUT2D eigenvalue weighted by molar-refractivity contribution is 6.31. The molecule has 0 aromatic heterocycles. The molecule has 0 radical (unpaired) electrons. The molecule has 0 unspecified atom stereocenters. The van der Waals surface area contributed by atoms with Crippen LogP contribution in [0.5, 0.6) is 0 Å². The first-order valence-corrected chi connectivity index (χ1v) is 4.40. The van der Waals surface area contributed by atoms with Crippen molar-refractivity contribution in [1.29, 1.82) is 0 Å². The number of hydrogen-bond donors (Lipinski definition) is 0. The summed E-state index contributed by atoms with van der Waals surface area (Å²) in [6.45, 7) is 2.99. The zero-order valence-corrected chi connectivity index (χ0v) is 8.53. The van der Waals surface area contributed by atoms with Crippen LogP contribution in [0, 0.1) is 6.92 Å². The molecule has 0 fully saturated rings. The number of aryl methyl sites for hydroxylation is 1. The van der Waals surface area contributed by atoms with Crippen molar-refractivity contribution in [3.63, 3.8) is 0 Å². The predicted molar refractivity (Wildman–Crippen MR) is 51.2 cm³/mol. The molecule has 14 heavy (non-hydrogen) atoms. The van der Waals surface area contributed by atoms with Crippen LogP contribution in [0.25, 0.3) is 0 Å². The summed E-state index contributed by atoms with van der Waals surface area (Å²) in [5.74, 6) is -0.176. The average molecular weight is 219 g/mol. The van der Waals surface area contributed by atoms with Crippen molar-refractivity contribution in [3.05, 3.63) is 33.8 Å². The fourth-order valence-electron chi connectivity index (χ4n) is 1.25. The minimum absolute atomic E-state index is 0.0594. The molecular formula is C10H9ClF2O. The molecule has 1 nitrogen and oxygen atoms in total. The third kappa shape index (κ3) is 2.10. The topological polar surface area (TPSA) is 17.1 Å². The third-order valence-electron chi connectivity index (χ3n) is 1.96. The second-order valence-corrected chi connectivity index (χ2v) is 3.45. The molecule has 0 aliphatic rings. The van der Waals surface area contributed by atoms with Gasteiger partial charge in [-0.3, -0.25) is 4.79 Å². The number of benzene rings is 1. The molecule has 0 aliphatic carbocycles. The van der Waals surface area contributed by atoms with Crippen molar-refractivity contribution in [2.75, 3.05) is 0 Å². The molecule has 4 heteroatoms. The van der Waals surface area contributed by atoms with Crippen LogP contribution in [0.4, 0.5) is 8.78 Å². The van der Waals surface area contributed by atoms with Crippen LogP contribution >= 0.6 is 11.6 Å². The quantitative estimate of drug-likeness (QED) is 0.691. The van der Waals surface area contributed by atoms with Crippen LogP contribution in [0.15, 0.2) is 12.1 Å². The van der Waals surface area contributed by atoms with Gasteiger partial charge in [0.2, 0.25) is 0 Å². The van der Waals surface area contributed by atoms with E-state index in [-0.39, 0.29) is 16.4 Å². The Bertz CT molecular complexity index is 375. The predicted octanol–water partition coefficient (Wildman–Crippen LogP) is 3.79. The number of rotatable bonds is 2. The number of hydrogen-bond acceptors (Lipinski definition) is 1. The third-order valence-corrected chi connectivity index (χ3v) is 2.29. The first-order valence-electron chi connectivity index (χ1n) is 4.02. The number of carbonyl (C=O) groups is 1. The lowest BCUT2D eigenvalue weighted by atomic mass is 10.0. The summed E-state index contributed by atoms with van der Waals surface area (Å²) in [6, 6.07) is 2.55. The number of alkyl halides is 2. The van der Waals surface area contributed by atoms with Gasteiger partial charge in [-0.15, -0.1) is 0 Å². The molecule has 0 saturated carbocycles. The van der Waals surface area contributed by atoms with Gasteiger partial charge < -0.3 is 0 Å². The van der Waals surface area contributed by atoms with Crippen LogP contribution in [-0.2, 0) is 0 Å². The Balaban J connectivity index is 3.31. The summed E-state index contributed by atoms with van der Waals surface area (Å²) in [5, 5.41) is -0.0594. The van der Waals surface area contributed by atoms with Gasteiger partial charge in [-0.05, 0) is 31.5 Å². The SMILES string of the molecule is CC(=O)c1cc(Cl)c(C(F)F)cc1C. The van der Waals surface area contributed by atoms with E-state index in [1.165, 1.54) is 19.1 Å². The van der Waals surface area contributed by atoms with Crippen LogP contribution < -0.4 is 0 Å². The molecule has 0 saturated heterocycles. The smallest absolute Gasteiger partial charge is 0.265 e. The average Bonchev–Trinajstić information content (AvgIpc) is 2.07. The minimum Gasteiger partial charge on any atom is -0.295 e. The highest BCUT2D eigenvalue weighted by atomic mass is 35.5. The standard InChI is InChI=1S/C10H9ClF2O/c1-5-3-8(10(12)13)9(11)4-7(5)6(2)14/h3-4,10H,1-2H3. The van der Waals surface area contributed by atoms with E-state index >= 15 is 0 Å². The lowest BCUT2D eigenvalue weighted by molar-refractivity contribution is 0.101. The maximum Gasteiger partial charge on any atom is 0.265 e. The van der Waals surface area contributed by atoms with E-state index in [0.717, 1.165) is 0 Å². The number of ketones is 1. The second-order valence-electron chi connectivity index (χ2n) is 3.05. The Morgan fingerprint density at radius 1 is 1.43 bits per heavy atom. The molecule has 0 spiro atoms. The van der Waals surface area contributed by atoms with Crippen LogP contribution in [0.3, 0.4) is 0 Å². The fraction of sp³-hybridized carbons (Fsp3) is 0.300. The molecule has 0 N–H and O–H groups in total. The molecule has 0 aliphatic heterocycles. The Morgan fingerprint density at radius 2 is 2.00 bits per heavy atom. The Hall–Kier alpha value is -0.960. The van der Waals surface area contributed by atoms with E-state index in [9.17, 15) is 13.6 Å². The van der Waals surface area contributed by atoms with Crippen LogP contribution in [0.1, 0.15) is 34.8 Å². The van der Waals surface area contributed by atoms with Crippen molar-refractivity contribution in [1.82, 2.24) is 0 Å². The van der Waals surface area contributed by atoms with Crippen LogP contribution in [-0.4, -0.2) is 5.78 Å². The van der Waals surface area contributed by atoms with E-state index in [1.54, 1.807) is 6.92 Å². The van der Waals surface area contributed by atoms with Crippen molar-refractivity contribution in [2.45, 2.75) is 20.3 Å². The Kier molecular flexibility index (Phi) is 3.21. The summed E-state index contributed by atoms with van der Waals surface area (Å²) >= 11 is 5.61. The Morgan fingerprint density at radius 3 is 2.43 bits per heavy atom. The van der Waals surface area contributed by atoms with Gasteiger partial charge in [0.05, 0.1) is 5.02 Å². The van der Waals surface area contributed by atoms with E-state index in [0.29, 0.717) is 11.1 Å². The molecular weight excluding hydrogens is 210 g/mol. The number of halogens is 3. The van der Waals surface area contributed by atoms with Crippen LogP contribution in [0.2, 0.25) is 5.02 Å².